The lowest BCUT2D eigenvalue weighted by Gasteiger charge is -2.32. The number of fused-ring (bicyclic) bond motifs is 5. The Bertz CT molecular complexity index is 1070. The zero-order chi connectivity index (χ0) is 20.2. The second-order valence-corrected chi connectivity index (χ2v) is 9.81. The van der Waals surface area contributed by atoms with Gasteiger partial charge >= 0.3 is 0 Å². The first-order valence-corrected chi connectivity index (χ1v) is 11.2. The van der Waals surface area contributed by atoms with Crippen LogP contribution in [0.3, 0.4) is 0 Å². The summed E-state index contributed by atoms with van der Waals surface area (Å²) in [5.74, 6) is 1.99. The quantitative estimate of drug-likeness (QED) is 0.683. The molecule has 154 valence electrons. The predicted molar refractivity (Wildman–Crippen MR) is 116 cm³/mol. The lowest BCUT2D eigenvalue weighted by atomic mass is 9.90. The predicted octanol–water partition coefficient (Wildman–Crippen LogP) is 2.90. The summed E-state index contributed by atoms with van der Waals surface area (Å²) >= 11 is 1.69. The van der Waals surface area contributed by atoms with E-state index in [2.05, 4.69) is 39.0 Å². The molecule has 3 aromatic heterocycles. The van der Waals surface area contributed by atoms with E-state index in [-0.39, 0.29) is 5.60 Å². The summed E-state index contributed by atoms with van der Waals surface area (Å²) in [6.07, 6.45) is 4.51. The molecule has 0 saturated carbocycles. The minimum Gasteiger partial charge on any atom is -0.392 e. The van der Waals surface area contributed by atoms with Gasteiger partial charge in [-0.3, -0.25) is 4.90 Å². The van der Waals surface area contributed by atoms with Gasteiger partial charge in [-0.25, -0.2) is 15.0 Å². The molecule has 5 rings (SSSR count). The molecule has 0 aromatic carbocycles. The molecule has 2 aliphatic heterocycles. The summed E-state index contributed by atoms with van der Waals surface area (Å²) in [5.41, 5.74) is 3.41. The number of hydrogen-bond donors (Lipinski definition) is 2. The highest BCUT2D eigenvalue weighted by Gasteiger charge is 2.36. The Morgan fingerprint density at radius 2 is 2.10 bits per heavy atom. The summed E-state index contributed by atoms with van der Waals surface area (Å²) in [5, 5.41) is 14.1. The molecule has 29 heavy (non-hydrogen) atoms. The number of anilines is 2. The Kier molecular flexibility index (Phi) is 4.60. The Balaban J connectivity index is 1.74. The molecule has 0 radical (unpaired) electrons. The number of aromatic amines is 1. The van der Waals surface area contributed by atoms with Gasteiger partial charge < -0.3 is 15.2 Å². The molecule has 0 bridgehead atoms. The number of nitrogens with zero attached hydrogens (tertiary/aromatic N) is 3. The van der Waals surface area contributed by atoms with E-state index in [4.69, 9.17) is 4.74 Å². The average molecular weight is 415 g/mol. The first-order chi connectivity index (χ1) is 13.9. The van der Waals surface area contributed by atoms with Crippen LogP contribution in [-0.4, -0.2) is 46.4 Å². The van der Waals surface area contributed by atoms with Crippen LogP contribution in [0, 0.1) is 0 Å². The van der Waals surface area contributed by atoms with Crippen molar-refractivity contribution in [1.82, 2.24) is 9.97 Å². The third-order valence-corrected chi connectivity index (χ3v) is 6.95. The molecule has 3 aromatic rings. The molecule has 1 fully saturated rings. The van der Waals surface area contributed by atoms with Gasteiger partial charge in [0.15, 0.2) is 4.83 Å². The van der Waals surface area contributed by atoms with E-state index >= 15 is 0 Å². The van der Waals surface area contributed by atoms with Gasteiger partial charge in [0.1, 0.15) is 16.8 Å². The lowest BCUT2D eigenvalue weighted by Crippen LogP contribution is -2.36. The van der Waals surface area contributed by atoms with Crippen molar-refractivity contribution in [2.75, 3.05) is 29.9 Å². The summed E-state index contributed by atoms with van der Waals surface area (Å²) in [6.45, 7) is 9.34. The van der Waals surface area contributed by atoms with E-state index < -0.39 is 6.10 Å². The van der Waals surface area contributed by atoms with E-state index in [0.717, 1.165) is 40.4 Å². The number of pyridine rings is 1. The monoisotopic (exact) mass is 414 g/mol. The summed E-state index contributed by atoms with van der Waals surface area (Å²) in [4.78, 5) is 16.4. The number of nitrogens with one attached hydrogen (secondary N) is 2. The van der Waals surface area contributed by atoms with Crippen LogP contribution in [0.2, 0.25) is 0 Å². The van der Waals surface area contributed by atoms with Crippen molar-refractivity contribution in [3.8, 4) is 0 Å². The largest absolute Gasteiger partial charge is 0.392 e. The van der Waals surface area contributed by atoms with Crippen LogP contribution >= 0.6 is 11.3 Å². The summed E-state index contributed by atoms with van der Waals surface area (Å²) < 4.78 is 7.23. The first-order valence-electron chi connectivity index (χ1n) is 10.4. The average Bonchev–Trinajstić information content (AvgIpc) is 3.32. The Morgan fingerprint density at radius 1 is 1.31 bits per heavy atom. The van der Waals surface area contributed by atoms with Crippen molar-refractivity contribution in [3.05, 3.63) is 17.5 Å². The normalized spacial score (nSPS) is 19.7. The number of rotatable bonds is 4. The van der Waals surface area contributed by atoms with E-state index in [1.807, 2.05) is 0 Å². The van der Waals surface area contributed by atoms with E-state index in [9.17, 15) is 5.11 Å². The lowest BCUT2D eigenvalue weighted by molar-refractivity contribution is -0.328. The maximum Gasteiger partial charge on any atom is 0.281 e. The molecule has 8 heteroatoms. The number of H-pyrrole nitrogens is 1. The second-order valence-electron chi connectivity index (χ2n) is 8.79. The molecule has 0 aliphatic carbocycles. The van der Waals surface area contributed by atoms with Crippen molar-refractivity contribution < 1.29 is 14.8 Å². The van der Waals surface area contributed by atoms with Gasteiger partial charge in [-0.15, -0.1) is 0 Å². The second kappa shape index (κ2) is 7.04. The smallest absolute Gasteiger partial charge is 0.281 e. The minimum absolute atomic E-state index is 0.196. The van der Waals surface area contributed by atoms with Crippen molar-refractivity contribution in [2.24, 2.45) is 0 Å². The molecule has 7 nitrogen and oxygen atoms in total. The fourth-order valence-corrected chi connectivity index (χ4v) is 5.58. The maximum atomic E-state index is 9.67. The Labute approximate surface area is 174 Å². The first kappa shape index (κ1) is 19.0. The standard InChI is InChI=1S/C21H27N5O2S/c1-12(27)9-22-18-17-16(23-11-24-18)15-13-8-21(2,3)28-10-14(13)19(25-20(15)29-17)26-6-4-5-7-26/h11-12,27H,4-10H2,1-3H3,(H,22,23,24)/p+1/t12-/m0/s1. The molecular weight excluding hydrogens is 386 g/mol. The SMILES string of the molecule is C[C@H](O)CNc1ncnc2c1sc1[nH+]c(N3CCCC3)c3c(c12)CC(C)(C)OC3. The van der Waals surface area contributed by atoms with Crippen molar-refractivity contribution in [2.45, 2.75) is 58.3 Å². The van der Waals surface area contributed by atoms with E-state index in [0.29, 0.717) is 13.2 Å². The van der Waals surface area contributed by atoms with Crippen LogP contribution < -0.4 is 15.2 Å². The van der Waals surface area contributed by atoms with Gasteiger partial charge in [-0.1, -0.05) is 11.3 Å². The number of aliphatic hydroxyl groups excluding tert-OH is 1. The highest BCUT2D eigenvalue weighted by Crippen LogP contribution is 2.42. The molecule has 1 saturated heterocycles. The molecule has 0 unspecified atom stereocenters. The fourth-order valence-electron chi connectivity index (χ4n) is 4.43. The van der Waals surface area contributed by atoms with E-state index in [1.165, 1.54) is 35.2 Å². The number of aromatic nitrogens is 3. The third kappa shape index (κ3) is 3.33. The number of hydrogen-bond acceptors (Lipinski definition) is 7. The van der Waals surface area contributed by atoms with Gasteiger partial charge in [-0.2, -0.15) is 0 Å². The van der Waals surface area contributed by atoms with Gasteiger partial charge in [0, 0.05) is 13.0 Å². The van der Waals surface area contributed by atoms with Gasteiger partial charge in [0.2, 0.25) is 0 Å². The summed E-state index contributed by atoms with van der Waals surface area (Å²) in [7, 11) is 0. The topological polar surface area (TPSA) is 84.7 Å². The Morgan fingerprint density at radius 3 is 2.86 bits per heavy atom. The molecule has 0 amide bonds. The number of aliphatic hydroxyl groups is 1. The third-order valence-electron chi connectivity index (χ3n) is 5.85. The van der Waals surface area contributed by atoms with Gasteiger partial charge in [0.25, 0.3) is 5.82 Å². The molecule has 5 heterocycles. The highest BCUT2D eigenvalue weighted by atomic mass is 32.1. The maximum absolute atomic E-state index is 9.67. The molecule has 0 spiro atoms. The van der Waals surface area contributed by atoms with Gasteiger partial charge in [0.05, 0.1) is 47.9 Å². The zero-order valence-electron chi connectivity index (χ0n) is 17.2. The number of thiophene rings is 1. The van der Waals surface area contributed by atoms with Gasteiger partial charge in [-0.05, 0) is 39.2 Å². The van der Waals surface area contributed by atoms with Crippen LogP contribution in [0.4, 0.5) is 11.6 Å². The fraction of sp³-hybridized carbons (Fsp3) is 0.571. The van der Waals surface area contributed by atoms with Crippen molar-refractivity contribution >= 4 is 43.4 Å². The van der Waals surface area contributed by atoms with Crippen LogP contribution in [0.25, 0.3) is 20.4 Å². The van der Waals surface area contributed by atoms with Crippen LogP contribution in [-0.2, 0) is 17.8 Å². The van der Waals surface area contributed by atoms with Crippen LogP contribution in [0.5, 0.6) is 0 Å². The van der Waals surface area contributed by atoms with Crippen LogP contribution in [0.15, 0.2) is 6.33 Å². The zero-order valence-corrected chi connectivity index (χ0v) is 18.0. The number of ether oxygens (including phenoxy) is 1. The van der Waals surface area contributed by atoms with Crippen LogP contribution in [0.1, 0.15) is 44.7 Å². The molecule has 3 N–H and O–H groups in total. The van der Waals surface area contributed by atoms with Crippen molar-refractivity contribution in [3.63, 3.8) is 0 Å². The minimum atomic E-state index is -0.437. The summed E-state index contributed by atoms with van der Waals surface area (Å²) in [6, 6.07) is 0. The molecule has 2 aliphatic rings. The van der Waals surface area contributed by atoms with Crippen molar-refractivity contribution in [1.29, 1.82) is 0 Å². The molecule has 1 atom stereocenters. The molecular formula is C21H28N5O2S+. The van der Waals surface area contributed by atoms with E-state index in [1.54, 1.807) is 24.6 Å². The Hall–Kier alpha value is -2.03. The highest BCUT2D eigenvalue weighted by molar-refractivity contribution is 7.25.